The Morgan fingerprint density at radius 1 is 1.47 bits per heavy atom. The van der Waals surface area contributed by atoms with E-state index in [0.29, 0.717) is 12.2 Å². The minimum Gasteiger partial charge on any atom is -0.462 e. The van der Waals surface area contributed by atoms with Gasteiger partial charge in [-0.1, -0.05) is 17.0 Å². The minimum atomic E-state index is -0.346. The molecule has 1 rings (SSSR count). The molecule has 17 heavy (non-hydrogen) atoms. The molecule has 0 bridgehead atoms. The number of hydrogen-bond acceptors (Lipinski definition) is 3. The fourth-order valence-corrected chi connectivity index (χ4v) is 1.11. The van der Waals surface area contributed by atoms with Gasteiger partial charge >= 0.3 is 5.97 Å². The molecule has 0 aliphatic carbocycles. The van der Waals surface area contributed by atoms with Gasteiger partial charge in [0, 0.05) is 10.5 Å². The van der Waals surface area contributed by atoms with Gasteiger partial charge in [-0.25, -0.2) is 4.79 Å². The first-order chi connectivity index (χ1) is 8.27. The van der Waals surface area contributed by atoms with E-state index in [1.165, 1.54) is 0 Å². The maximum atomic E-state index is 11.3. The monoisotopic (exact) mass is 229 g/mol. The summed E-state index contributed by atoms with van der Waals surface area (Å²) in [6.07, 6.45) is 0. The number of carbonyl (C=O) groups excluding carboxylic acids is 1. The van der Waals surface area contributed by atoms with Crippen LogP contribution in [0.15, 0.2) is 29.4 Å². The highest BCUT2D eigenvalue weighted by Gasteiger charge is 2.04. The molecule has 5 nitrogen and oxygen atoms in total. The quantitative estimate of drug-likeness (QED) is 0.262. The van der Waals surface area contributed by atoms with E-state index < -0.39 is 0 Å². The number of carbonyl (C=O) groups is 1. The predicted octanol–water partition coefficient (Wildman–Crippen LogP) is 2.53. The van der Waals surface area contributed by atoms with Gasteiger partial charge in [0.15, 0.2) is 0 Å². The molecule has 1 aromatic rings. The average Bonchev–Trinajstić information content (AvgIpc) is 2.36. The van der Waals surface area contributed by atoms with Crippen molar-refractivity contribution in [3.05, 3.63) is 45.8 Å². The van der Waals surface area contributed by atoms with E-state index in [4.69, 9.17) is 10.3 Å². The average molecular weight is 229 g/mol. The smallest absolute Gasteiger partial charge is 0.338 e. The third-order valence-corrected chi connectivity index (χ3v) is 1.84. The molecule has 0 aliphatic rings. The van der Waals surface area contributed by atoms with Crippen molar-refractivity contribution in [3.8, 4) is 11.8 Å². The molecule has 86 valence electrons. The van der Waals surface area contributed by atoms with E-state index in [1.807, 2.05) is 0 Å². The zero-order valence-electron chi connectivity index (χ0n) is 9.38. The van der Waals surface area contributed by atoms with Crippen LogP contribution in [0.3, 0.4) is 0 Å². The lowest BCUT2D eigenvalue weighted by atomic mass is 10.1. The Balaban J connectivity index is 2.69. The summed E-state index contributed by atoms with van der Waals surface area (Å²) in [4.78, 5) is 13.9. The molecular weight excluding hydrogens is 218 g/mol. The van der Waals surface area contributed by atoms with Gasteiger partial charge in [-0.05, 0) is 36.7 Å². The third-order valence-electron chi connectivity index (χ3n) is 1.84. The second-order valence-corrected chi connectivity index (χ2v) is 2.99. The molecule has 0 saturated heterocycles. The Labute approximate surface area is 99.0 Å². The molecule has 0 N–H and O–H groups in total. The number of hydrogen-bond donors (Lipinski definition) is 0. The van der Waals surface area contributed by atoms with Gasteiger partial charge in [0.25, 0.3) is 0 Å². The highest BCUT2D eigenvalue weighted by Crippen LogP contribution is 2.04. The van der Waals surface area contributed by atoms with Crippen LogP contribution >= 0.6 is 0 Å². The van der Waals surface area contributed by atoms with Crippen molar-refractivity contribution in [1.29, 1.82) is 0 Å². The summed E-state index contributed by atoms with van der Waals surface area (Å²) >= 11 is 0. The second kappa shape index (κ2) is 6.94. The largest absolute Gasteiger partial charge is 0.462 e. The van der Waals surface area contributed by atoms with Gasteiger partial charge in [-0.15, -0.1) is 0 Å². The van der Waals surface area contributed by atoms with Gasteiger partial charge in [0.1, 0.15) is 0 Å². The van der Waals surface area contributed by atoms with E-state index in [0.717, 1.165) is 5.56 Å². The first-order valence-corrected chi connectivity index (χ1v) is 5.05. The number of azide groups is 1. The van der Waals surface area contributed by atoms with Gasteiger partial charge in [0.2, 0.25) is 0 Å². The summed E-state index contributed by atoms with van der Waals surface area (Å²) in [6.45, 7) is 2.25. The Morgan fingerprint density at radius 3 is 2.76 bits per heavy atom. The zero-order valence-corrected chi connectivity index (χ0v) is 9.38. The molecule has 1 aromatic carbocycles. The Kier molecular flexibility index (Phi) is 5.15. The first-order valence-electron chi connectivity index (χ1n) is 5.05. The summed E-state index contributed by atoms with van der Waals surface area (Å²) < 4.78 is 4.85. The predicted molar refractivity (Wildman–Crippen MR) is 63.3 cm³/mol. The SMILES string of the molecule is CCOC(=O)c1ccc(C#CCN=[N+]=[N-])cc1. The second-order valence-electron chi connectivity index (χ2n) is 2.99. The van der Waals surface area contributed by atoms with Crippen molar-refractivity contribution in [1.82, 2.24) is 0 Å². The van der Waals surface area contributed by atoms with Crippen LogP contribution in [-0.2, 0) is 4.74 Å². The Hall–Kier alpha value is -2.44. The van der Waals surface area contributed by atoms with Gasteiger partial charge in [0.05, 0.1) is 18.7 Å². The highest BCUT2D eigenvalue weighted by atomic mass is 16.5. The minimum absolute atomic E-state index is 0.135. The molecule has 0 saturated carbocycles. The van der Waals surface area contributed by atoms with E-state index in [9.17, 15) is 4.79 Å². The molecule has 0 radical (unpaired) electrons. The van der Waals surface area contributed by atoms with Crippen molar-refractivity contribution in [2.24, 2.45) is 5.11 Å². The zero-order chi connectivity index (χ0) is 12.5. The lowest BCUT2D eigenvalue weighted by molar-refractivity contribution is 0.0526. The lowest BCUT2D eigenvalue weighted by Crippen LogP contribution is -2.04. The molecule has 0 atom stereocenters. The van der Waals surface area contributed by atoms with Gasteiger partial charge in [-0.2, -0.15) is 0 Å². The van der Waals surface area contributed by atoms with Crippen LogP contribution in [0.25, 0.3) is 10.4 Å². The van der Waals surface area contributed by atoms with E-state index in [-0.39, 0.29) is 12.5 Å². The number of benzene rings is 1. The number of nitrogens with zero attached hydrogens (tertiary/aromatic N) is 3. The van der Waals surface area contributed by atoms with Gasteiger partial charge < -0.3 is 4.74 Å². The first kappa shape index (κ1) is 12.6. The molecule has 5 heteroatoms. The van der Waals surface area contributed by atoms with Crippen LogP contribution in [0, 0.1) is 11.8 Å². The van der Waals surface area contributed by atoms with Crippen LogP contribution in [0.2, 0.25) is 0 Å². The maximum absolute atomic E-state index is 11.3. The van der Waals surface area contributed by atoms with Crippen LogP contribution in [0.1, 0.15) is 22.8 Å². The Bertz CT molecular complexity index is 491. The topological polar surface area (TPSA) is 75.1 Å². The molecule has 0 unspecified atom stereocenters. The van der Waals surface area contributed by atoms with Crippen LogP contribution in [0.4, 0.5) is 0 Å². The van der Waals surface area contributed by atoms with Crippen LogP contribution in [-0.4, -0.2) is 19.1 Å². The molecule has 0 fully saturated rings. The molecule has 0 heterocycles. The van der Waals surface area contributed by atoms with Gasteiger partial charge in [-0.3, -0.25) is 0 Å². The fourth-order valence-electron chi connectivity index (χ4n) is 1.11. The highest BCUT2D eigenvalue weighted by molar-refractivity contribution is 5.89. The maximum Gasteiger partial charge on any atom is 0.338 e. The number of rotatable bonds is 3. The standard InChI is InChI=1S/C12H11N3O2/c1-2-17-12(16)11-7-5-10(6-8-11)4-3-9-14-15-13/h5-8H,2,9H2,1H3. The van der Waals surface area contributed by atoms with Crippen LogP contribution < -0.4 is 0 Å². The normalized spacial score (nSPS) is 8.53. The van der Waals surface area contributed by atoms with Crippen molar-refractivity contribution in [3.63, 3.8) is 0 Å². The molecule has 0 amide bonds. The van der Waals surface area contributed by atoms with E-state index >= 15 is 0 Å². The molecular formula is C12H11N3O2. The molecule has 0 spiro atoms. The summed E-state index contributed by atoms with van der Waals surface area (Å²) in [5.41, 5.74) is 9.30. The summed E-state index contributed by atoms with van der Waals surface area (Å²) in [6, 6.07) is 6.73. The van der Waals surface area contributed by atoms with Crippen molar-refractivity contribution in [2.45, 2.75) is 6.92 Å². The van der Waals surface area contributed by atoms with Crippen LogP contribution in [0.5, 0.6) is 0 Å². The number of ether oxygens (including phenoxy) is 1. The molecule has 0 aliphatic heterocycles. The van der Waals surface area contributed by atoms with Crippen molar-refractivity contribution in [2.75, 3.05) is 13.2 Å². The Morgan fingerprint density at radius 2 is 2.18 bits per heavy atom. The summed E-state index contributed by atoms with van der Waals surface area (Å²) in [5.74, 6) is 5.15. The van der Waals surface area contributed by atoms with E-state index in [1.54, 1.807) is 31.2 Å². The van der Waals surface area contributed by atoms with Crippen molar-refractivity contribution < 1.29 is 9.53 Å². The molecule has 0 aromatic heterocycles. The fraction of sp³-hybridized carbons (Fsp3) is 0.250. The summed E-state index contributed by atoms with van der Waals surface area (Å²) in [7, 11) is 0. The number of esters is 1. The summed E-state index contributed by atoms with van der Waals surface area (Å²) in [5, 5.41) is 3.29. The van der Waals surface area contributed by atoms with E-state index in [2.05, 4.69) is 21.9 Å². The third kappa shape index (κ3) is 4.29. The van der Waals surface area contributed by atoms with Crippen molar-refractivity contribution >= 4 is 5.97 Å². The lowest BCUT2D eigenvalue weighted by Gasteiger charge is -2.00.